The summed E-state index contributed by atoms with van der Waals surface area (Å²) in [6, 6.07) is 3.61. The van der Waals surface area contributed by atoms with Crippen molar-refractivity contribution >= 4 is 5.91 Å². The highest BCUT2D eigenvalue weighted by Gasteiger charge is 2.29. The molecule has 0 unspecified atom stereocenters. The molecule has 1 aromatic carbocycles. The second-order valence-electron chi connectivity index (χ2n) is 5.31. The standard InChI is InChI=1S/C16H24N2O5/c1-20-13-6-10(7-14(21-2)15(13)22-3)9-18-16(19)12-5-4-11(8-17)23-12/h6-7,11-12H,4-5,8-9,17H2,1-3H3,(H,18,19)/t11-,12+/m1/s1. The van der Waals surface area contributed by atoms with Gasteiger partial charge in [-0.3, -0.25) is 4.79 Å². The van der Waals surface area contributed by atoms with Crippen LogP contribution in [0.3, 0.4) is 0 Å². The maximum Gasteiger partial charge on any atom is 0.249 e. The molecule has 1 aromatic rings. The third-order valence-corrected chi connectivity index (χ3v) is 3.85. The van der Waals surface area contributed by atoms with Gasteiger partial charge in [-0.2, -0.15) is 0 Å². The summed E-state index contributed by atoms with van der Waals surface area (Å²) in [6.07, 6.45) is 1.07. The molecule has 0 bridgehead atoms. The maximum atomic E-state index is 12.1. The van der Waals surface area contributed by atoms with E-state index in [0.717, 1.165) is 12.0 Å². The minimum absolute atomic E-state index is 0.0214. The van der Waals surface area contributed by atoms with E-state index in [1.54, 1.807) is 33.5 Å². The molecule has 0 aliphatic carbocycles. The number of nitrogens with two attached hydrogens (primary N) is 1. The Kier molecular flexibility index (Phi) is 6.06. The zero-order valence-electron chi connectivity index (χ0n) is 13.8. The van der Waals surface area contributed by atoms with E-state index in [1.807, 2.05) is 0 Å². The van der Waals surface area contributed by atoms with E-state index >= 15 is 0 Å². The number of methoxy groups -OCH3 is 3. The fourth-order valence-electron chi connectivity index (χ4n) is 2.61. The number of ether oxygens (including phenoxy) is 4. The van der Waals surface area contributed by atoms with E-state index in [9.17, 15) is 4.79 Å². The van der Waals surface area contributed by atoms with E-state index in [0.29, 0.717) is 36.8 Å². The molecule has 3 N–H and O–H groups in total. The summed E-state index contributed by atoms with van der Waals surface area (Å²) in [7, 11) is 4.66. The molecule has 7 nitrogen and oxygen atoms in total. The van der Waals surface area contributed by atoms with Gasteiger partial charge in [0.25, 0.3) is 0 Å². The molecular weight excluding hydrogens is 300 g/mol. The van der Waals surface area contributed by atoms with Crippen molar-refractivity contribution in [3.05, 3.63) is 17.7 Å². The number of amides is 1. The van der Waals surface area contributed by atoms with Gasteiger partial charge in [0.2, 0.25) is 11.7 Å². The van der Waals surface area contributed by atoms with Crippen molar-refractivity contribution in [1.29, 1.82) is 0 Å². The van der Waals surface area contributed by atoms with Gasteiger partial charge in [0, 0.05) is 13.1 Å². The first-order valence-corrected chi connectivity index (χ1v) is 7.55. The zero-order valence-corrected chi connectivity index (χ0v) is 13.8. The van der Waals surface area contributed by atoms with Crippen molar-refractivity contribution in [2.24, 2.45) is 5.73 Å². The van der Waals surface area contributed by atoms with Crippen molar-refractivity contribution in [3.63, 3.8) is 0 Å². The number of nitrogens with one attached hydrogen (secondary N) is 1. The molecule has 128 valence electrons. The third kappa shape index (κ3) is 4.05. The first-order valence-electron chi connectivity index (χ1n) is 7.55. The Morgan fingerprint density at radius 2 is 1.87 bits per heavy atom. The van der Waals surface area contributed by atoms with Crippen LogP contribution in [0.4, 0.5) is 0 Å². The largest absolute Gasteiger partial charge is 0.493 e. The van der Waals surface area contributed by atoms with Crippen LogP contribution in [0.1, 0.15) is 18.4 Å². The summed E-state index contributed by atoms with van der Waals surface area (Å²) in [6.45, 7) is 0.791. The van der Waals surface area contributed by atoms with Crippen molar-refractivity contribution < 1.29 is 23.7 Å². The molecule has 1 aliphatic heterocycles. The molecule has 0 aromatic heterocycles. The van der Waals surface area contributed by atoms with Crippen molar-refractivity contribution in [3.8, 4) is 17.2 Å². The Bertz CT molecular complexity index is 524. The molecule has 0 spiro atoms. The van der Waals surface area contributed by atoms with Gasteiger partial charge in [0.15, 0.2) is 11.5 Å². The Morgan fingerprint density at radius 3 is 2.35 bits per heavy atom. The van der Waals surface area contributed by atoms with E-state index < -0.39 is 6.10 Å². The van der Waals surface area contributed by atoms with Gasteiger partial charge in [-0.1, -0.05) is 0 Å². The summed E-state index contributed by atoms with van der Waals surface area (Å²) < 4.78 is 21.5. The fourth-order valence-corrected chi connectivity index (χ4v) is 2.61. The quantitative estimate of drug-likeness (QED) is 0.772. The number of benzene rings is 1. The van der Waals surface area contributed by atoms with Crippen LogP contribution < -0.4 is 25.3 Å². The Balaban J connectivity index is 2.01. The van der Waals surface area contributed by atoms with Crippen LogP contribution in [0.15, 0.2) is 12.1 Å². The van der Waals surface area contributed by atoms with Gasteiger partial charge >= 0.3 is 0 Å². The first-order chi connectivity index (χ1) is 11.1. The predicted octanol–water partition coefficient (Wildman–Crippen LogP) is 0.835. The molecule has 7 heteroatoms. The lowest BCUT2D eigenvalue weighted by atomic mass is 10.1. The molecule has 1 amide bonds. The Labute approximate surface area is 136 Å². The second kappa shape index (κ2) is 8.03. The average molecular weight is 324 g/mol. The number of rotatable bonds is 7. The SMILES string of the molecule is COc1cc(CNC(=O)[C@@H]2CC[C@H](CN)O2)cc(OC)c1OC. The minimum Gasteiger partial charge on any atom is -0.493 e. The van der Waals surface area contributed by atoms with Gasteiger partial charge < -0.3 is 30.0 Å². The van der Waals surface area contributed by atoms with Crippen LogP contribution >= 0.6 is 0 Å². The number of hydrogen-bond acceptors (Lipinski definition) is 6. The summed E-state index contributed by atoms with van der Waals surface area (Å²) in [5.74, 6) is 1.50. The molecule has 1 heterocycles. The highest BCUT2D eigenvalue weighted by molar-refractivity contribution is 5.81. The number of carbonyl (C=O) groups is 1. The number of hydrogen-bond donors (Lipinski definition) is 2. The first kappa shape index (κ1) is 17.4. The monoisotopic (exact) mass is 324 g/mol. The molecular formula is C16H24N2O5. The minimum atomic E-state index is -0.425. The average Bonchev–Trinajstić information content (AvgIpc) is 3.07. The normalized spacial score (nSPS) is 20.2. The summed E-state index contributed by atoms with van der Waals surface area (Å²) in [5, 5.41) is 2.87. The molecule has 1 saturated heterocycles. The highest BCUT2D eigenvalue weighted by Crippen LogP contribution is 2.38. The van der Waals surface area contributed by atoms with E-state index in [4.69, 9.17) is 24.7 Å². The lowest BCUT2D eigenvalue weighted by Crippen LogP contribution is -2.35. The van der Waals surface area contributed by atoms with Crippen LogP contribution in [-0.4, -0.2) is 46.0 Å². The Morgan fingerprint density at radius 1 is 1.22 bits per heavy atom. The molecule has 23 heavy (non-hydrogen) atoms. The second-order valence-corrected chi connectivity index (χ2v) is 5.31. The third-order valence-electron chi connectivity index (χ3n) is 3.85. The van der Waals surface area contributed by atoms with Crippen molar-refractivity contribution in [2.75, 3.05) is 27.9 Å². The highest BCUT2D eigenvalue weighted by atomic mass is 16.5. The fraction of sp³-hybridized carbons (Fsp3) is 0.562. The lowest BCUT2D eigenvalue weighted by molar-refractivity contribution is -0.132. The summed E-state index contributed by atoms with van der Waals surface area (Å²) in [4.78, 5) is 12.1. The predicted molar refractivity (Wildman–Crippen MR) is 84.9 cm³/mol. The van der Waals surface area contributed by atoms with E-state index in [1.165, 1.54) is 0 Å². The molecule has 0 saturated carbocycles. The van der Waals surface area contributed by atoms with Gasteiger partial charge in [-0.15, -0.1) is 0 Å². The lowest BCUT2D eigenvalue weighted by Gasteiger charge is -2.16. The molecule has 2 atom stereocenters. The van der Waals surface area contributed by atoms with Crippen LogP contribution in [0.2, 0.25) is 0 Å². The Hall–Kier alpha value is -1.99. The van der Waals surface area contributed by atoms with Crippen LogP contribution in [0.5, 0.6) is 17.2 Å². The smallest absolute Gasteiger partial charge is 0.249 e. The van der Waals surface area contributed by atoms with Gasteiger partial charge in [-0.25, -0.2) is 0 Å². The molecule has 2 rings (SSSR count). The number of carbonyl (C=O) groups excluding carboxylic acids is 1. The van der Waals surface area contributed by atoms with E-state index in [2.05, 4.69) is 5.32 Å². The molecule has 0 radical (unpaired) electrons. The maximum absolute atomic E-state index is 12.1. The summed E-state index contributed by atoms with van der Waals surface area (Å²) >= 11 is 0. The van der Waals surface area contributed by atoms with Crippen LogP contribution in [-0.2, 0) is 16.1 Å². The zero-order chi connectivity index (χ0) is 16.8. The van der Waals surface area contributed by atoms with Gasteiger partial charge in [0.05, 0.1) is 27.4 Å². The topological polar surface area (TPSA) is 92.0 Å². The van der Waals surface area contributed by atoms with Gasteiger partial charge in [0.1, 0.15) is 6.10 Å². The van der Waals surface area contributed by atoms with Crippen LogP contribution in [0, 0.1) is 0 Å². The molecule has 1 aliphatic rings. The van der Waals surface area contributed by atoms with Crippen molar-refractivity contribution in [2.45, 2.75) is 31.6 Å². The van der Waals surface area contributed by atoms with E-state index in [-0.39, 0.29) is 12.0 Å². The van der Waals surface area contributed by atoms with Crippen molar-refractivity contribution in [1.82, 2.24) is 5.32 Å². The summed E-state index contributed by atoms with van der Waals surface area (Å²) in [5.41, 5.74) is 6.40. The molecule has 1 fully saturated rings. The van der Waals surface area contributed by atoms with Crippen LogP contribution in [0.25, 0.3) is 0 Å². The van der Waals surface area contributed by atoms with Gasteiger partial charge in [-0.05, 0) is 30.5 Å².